The van der Waals surface area contributed by atoms with Crippen LogP contribution >= 0.6 is 0 Å². The van der Waals surface area contributed by atoms with Crippen LogP contribution in [0.1, 0.15) is 11.1 Å². The summed E-state index contributed by atoms with van der Waals surface area (Å²) < 4.78 is 22.5. The Balaban J connectivity index is 2.41. The summed E-state index contributed by atoms with van der Waals surface area (Å²) >= 11 is -2.24. The molecule has 0 bridgehead atoms. The van der Waals surface area contributed by atoms with E-state index in [1.807, 2.05) is 19.1 Å². The number of carboxylic acid groups (broad SMARTS) is 1. The number of benzene rings is 2. The van der Waals surface area contributed by atoms with Gasteiger partial charge in [0, 0.05) is 6.08 Å². The Morgan fingerprint density at radius 3 is 2.41 bits per heavy atom. The number of rotatable bonds is 5. The second-order valence-electron chi connectivity index (χ2n) is 4.63. The molecule has 0 radical (unpaired) electrons. The average Bonchev–Trinajstić information content (AvgIpc) is 2.47. The fourth-order valence-corrected chi connectivity index (χ4v) is 2.53. The van der Waals surface area contributed by atoms with Crippen LogP contribution < -0.4 is 4.31 Å². The second kappa shape index (κ2) is 7.02. The summed E-state index contributed by atoms with van der Waals surface area (Å²) in [6, 6.07) is 14.0. The van der Waals surface area contributed by atoms with Gasteiger partial charge in [0.15, 0.2) is 0 Å². The zero-order valence-electron chi connectivity index (χ0n) is 11.8. The van der Waals surface area contributed by atoms with Gasteiger partial charge in [-0.2, -0.15) is 0 Å². The van der Waals surface area contributed by atoms with E-state index in [9.17, 15) is 13.6 Å². The summed E-state index contributed by atoms with van der Waals surface area (Å²) in [7, 11) is 0. The number of hydrogen-bond donors (Lipinski definition) is 2. The monoisotopic (exact) mass is 317 g/mol. The minimum absolute atomic E-state index is 0.497. The Morgan fingerprint density at radius 1 is 1.14 bits per heavy atom. The molecule has 2 N–H and O–H groups in total. The number of carboxylic acids is 1. The first-order chi connectivity index (χ1) is 10.5. The fraction of sp³-hybridized carbons (Fsp3) is 0.0625. The van der Waals surface area contributed by atoms with Gasteiger partial charge in [-0.25, -0.2) is 13.3 Å². The molecule has 0 aliphatic rings. The molecule has 5 nitrogen and oxygen atoms in total. The number of aliphatic carboxylic acids is 1. The fourth-order valence-electron chi connectivity index (χ4n) is 1.93. The molecular weight excluding hydrogens is 302 g/mol. The first kappa shape index (κ1) is 15.9. The van der Waals surface area contributed by atoms with E-state index in [-0.39, 0.29) is 0 Å². The van der Waals surface area contributed by atoms with Gasteiger partial charge in [0.1, 0.15) is 0 Å². The molecule has 0 aromatic heterocycles. The van der Waals surface area contributed by atoms with Gasteiger partial charge in [0.25, 0.3) is 11.3 Å². The number of anilines is 2. The maximum Gasteiger partial charge on any atom is 0.328 e. The van der Waals surface area contributed by atoms with Crippen molar-refractivity contribution in [1.29, 1.82) is 0 Å². The Hall–Kier alpha value is -2.44. The van der Waals surface area contributed by atoms with Crippen molar-refractivity contribution in [1.82, 2.24) is 0 Å². The standard InChI is InChI=1S/C16H15NO4S/c1-12-5-8-14(9-6-12)17(22(20)21)15-4-2-3-13(11-15)7-10-16(18)19/h2-11H,1H3,(H,18,19)(H,20,21). The second-order valence-corrected chi connectivity index (χ2v) is 5.45. The normalized spacial score (nSPS) is 12.3. The smallest absolute Gasteiger partial charge is 0.328 e. The van der Waals surface area contributed by atoms with Gasteiger partial charge in [-0.05, 0) is 42.8 Å². The highest BCUT2D eigenvalue weighted by Crippen LogP contribution is 2.28. The van der Waals surface area contributed by atoms with Crippen molar-refractivity contribution in [2.45, 2.75) is 6.92 Å². The van der Waals surface area contributed by atoms with E-state index in [1.165, 1.54) is 10.4 Å². The molecule has 0 fully saturated rings. The number of hydrogen-bond acceptors (Lipinski definition) is 2. The molecule has 2 aromatic carbocycles. The molecule has 0 aliphatic heterocycles. The van der Waals surface area contributed by atoms with Crippen molar-refractivity contribution in [2.24, 2.45) is 0 Å². The van der Waals surface area contributed by atoms with Gasteiger partial charge in [0.2, 0.25) is 0 Å². The molecule has 0 saturated carbocycles. The van der Waals surface area contributed by atoms with E-state index in [0.29, 0.717) is 16.9 Å². The lowest BCUT2D eigenvalue weighted by atomic mass is 10.1. The summed E-state index contributed by atoms with van der Waals surface area (Å²) in [6.07, 6.45) is 2.45. The molecule has 0 aliphatic carbocycles. The van der Waals surface area contributed by atoms with E-state index in [4.69, 9.17) is 5.11 Å². The molecule has 0 spiro atoms. The quantitative estimate of drug-likeness (QED) is 0.654. The van der Waals surface area contributed by atoms with Crippen LogP contribution in [0.4, 0.5) is 11.4 Å². The molecule has 2 rings (SSSR count). The Kier molecular flexibility index (Phi) is 5.08. The molecule has 6 heteroatoms. The number of carbonyl (C=O) groups is 1. The Labute approximate surface area is 130 Å². The maximum absolute atomic E-state index is 11.7. The van der Waals surface area contributed by atoms with Crippen LogP contribution in [0.2, 0.25) is 0 Å². The third-order valence-electron chi connectivity index (χ3n) is 2.95. The molecule has 0 heterocycles. The SMILES string of the molecule is Cc1ccc(N(c2cccc(C=CC(=O)O)c2)S(=O)O)cc1. The van der Waals surface area contributed by atoms with Gasteiger partial charge in [-0.3, -0.25) is 4.55 Å². The van der Waals surface area contributed by atoms with E-state index < -0.39 is 17.2 Å². The van der Waals surface area contributed by atoms with Gasteiger partial charge in [0.05, 0.1) is 11.4 Å². The molecule has 22 heavy (non-hydrogen) atoms. The van der Waals surface area contributed by atoms with Crippen LogP contribution in [0, 0.1) is 6.92 Å². The van der Waals surface area contributed by atoms with Crippen LogP contribution in [0.3, 0.4) is 0 Å². The number of nitrogens with zero attached hydrogens (tertiary/aromatic N) is 1. The predicted molar refractivity (Wildman–Crippen MR) is 87.2 cm³/mol. The van der Waals surface area contributed by atoms with Gasteiger partial charge < -0.3 is 5.11 Å². The first-order valence-corrected chi connectivity index (χ1v) is 7.52. The summed E-state index contributed by atoms with van der Waals surface area (Å²) in [5.41, 5.74) is 2.75. The van der Waals surface area contributed by atoms with Crippen molar-refractivity contribution in [3.8, 4) is 0 Å². The number of aryl methyl sites for hydroxylation is 1. The van der Waals surface area contributed by atoms with Crippen LogP contribution in [-0.4, -0.2) is 19.8 Å². The highest BCUT2D eigenvalue weighted by molar-refractivity contribution is 7.81. The van der Waals surface area contributed by atoms with Crippen LogP contribution in [0.25, 0.3) is 6.08 Å². The maximum atomic E-state index is 11.7. The summed E-state index contributed by atoms with van der Waals surface area (Å²) in [5.74, 6) is -1.05. The van der Waals surface area contributed by atoms with Crippen molar-refractivity contribution in [3.05, 3.63) is 65.7 Å². The predicted octanol–water partition coefficient (Wildman–Crippen LogP) is 3.37. The minimum Gasteiger partial charge on any atom is -0.478 e. The topological polar surface area (TPSA) is 77.8 Å². The lowest BCUT2D eigenvalue weighted by Gasteiger charge is -2.20. The first-order valence-electron chi connectivity index (χ1n) is 6.46. The highest BCUT2D eigenvalue weighted by atomic mass is 32.2. The molecule has 0 saturated heterocycles. The lowest BCUT2D eigenvalue weighted by Crippen LogP contribution is -2.19. The van der Waals surface area contributed by atoms with Crippen molar-refractivity contribution in [2.75, 3.05) is 4.31 Å². The Morgan fingerprint density at radius 2 is 1.82 bits per heavy atom. The van der Waals surface area contributed by atoms with Crippen LogP contribution in [0.5, 0.6) is 0 Å². The zero-order chi connectivity index (χ0) is 16.1. The third-order valence-corrected chi connectivity index (χ3v) is 3.68. The van der Waals surface area contributed by atoms with Crippen molar-refractivity contribution >= 4 is 34.7 Å². The molecular formula is C16H15NO4S. The summed E-state index contributed by atoms with van der Waals surface area (Å²) in [4.78, 5) is 10.6. The molecule has 1 unspecified atom stereocenters. The van der Waals surface area contributed by atoms with Crippen LogP contribution in [0.15, 0.2) is 54.6 Å². The molecule has 2 aromatic rings. The highest BCUT2D eigenvalue weighted by Gasteiger charge is 2.15. The van der Waals surface area contributed by atoms with E-state index in [1.54, 1.807) is 36.4 Å². The molecule has 1 atom stereocenters. The van der Waals surface area contributed by atoms with Gasteiger partial charge >= 0.3 is 5.97 Å². The third kappa shape index (κ3) is 4.03. The van der Waals surface area contributed by atoms with E-state index in [2.05, 4.69) is 0 Å². The largest absolute Gasteiger partial charge is 0.478 e. The zero-order valence-corrected chi connectivity index (χ0v) is 12.7. The lowest BCUT2D eigenvalue weighted by molar-refractivity contribution is -0.131. The Bertz CT molecular complexity index is 725. The van der Waals surface area contributed by atoms with E-state index in [0.717, 1.165) is 11.6 Å². The van der Waals surface area contributed by atoms with Crippen molar-refractivity contribution < 1.29 is 18.7 Å². The average molecular weight is 317 g/mol. The molecule has 0 amide bonds. The molecule has 114 valence electrons. The van der Waals surface area contributed by atoms with Gasteiger partial charge in [-0.15, -0.1) is 0 Å². The summed E-state index contributed by atoms with van der Waals surface area (Å²) in [5, 5.41) is 8.66. The minimum atomic E-state index is -2.24. The van der Waals surface area contributed by atoms with E-state index >= 15 is 0 Å². The summed E-state index contributed by atoms with van der Waals surface area (Å²) in [6.45, 7) is 1.93. The van der Waals surface area contributed by atoms with Crippen LogP contribution in [-0.2, 0) is 16.1 Å². The van der Waals surface area contributed by atoms with Crippen molar-refractivity contribution in [3.63, 3.8) is 0 Å². The van der Waals surface area contributed by atoms with Gasteiger partial charge in [-0.1, -0.05) is 29.8 Å².